The molecule has 3 heterocycles. The standard InChI is InChI=1S/C18H22N8O6/c19-17-16(22-32-23-17)18(27)21-20-11-12-9-15(26(28)29)14(25-3-7-31-8-4-25)10-13(12)24-1-5-30-6-2-24/h9-11H,1-8H2,(H2,19,23)(H,21,27)/b20-11-. The largest absolute Gasteiger partial charge is 0.379 e. The fraction of sp³-hybridized carbons (Fsp3) is 0.444. The van der Waals surface area contributed by atoms with E-state index in [2.05, 4.69) is 30.4 Å². The minimum absolute atomic E-state index is 0.0540. The molecule has 14 heteroatoms. The second kappa shape index (κ2) is 9.57. The molecule has 2 aliphatic heterocycles. The van der Waals surface area contributed by atoms with Gasteiger partial charge in [-0.05, 0) is 16.4 Å². The first-order valence-electron chi connectivity index (χ1n) is 9.94. The lowest BCUT2D eigenvalue weighted by Crippen LogP contribution is -2.38. The molecule has 0 radical (unpaired) electrons. The van der Waals surface area contributed by atoms with Crippen molar-refractivity contribution in [2.75, 3.05) is 68.1 Å². The lowest BCUT2D eigenvalue weighted by molar-refractivity contribution is -0.384. The van der Waals surface area contributed by atoms with Crippen LogP contribution in [0, 0.1) is 10.1 Å². The van der Waals surface area contributed by atoms with E-state index in [0.29, 0.717) is 63.9 Å². The summed E-state index contributed by atoms with van der Waals surface area (Å²) in [5.41, 5.74) is 9.26. The highest BCUT2D eigenvalue weighted by Gasteiger charge is 2.26. The maximum atomic E-state index is 12.1. The monoisotopic (exact) mass is 446 g/mol. The molecule has 1 amide bonds. The Hall–Kier alpha value is -3.78. The van der Waals surface area contributed by atoms with E-state index < -0.39 is 10.8 Å². The highest BCUT2D eigenvalue weighted by molar-refractivity contribution is 5.97. The third-order valence-electron chi connectivity index (χ3n) is 5.12. The van der Waals surface area contributed by atoms with Gasteiger partial charge in [0.1, 0.15) is 5.69 Å². The Kier molecular flexibility index (Phi) is 6.42. The number of benzene rings is 1. The Morgan fingerprint density at radius 3 is 2.28 bits per heavy atom. The van der Waals surface area contributed by atoms with Crippen LogP contribution in [-0.2, 0) is 9.47 Å². The number of carbonyl (C=O) groups excluding carboxylic acids is 1. The Morgan fingerprint density at radius 2 is 1.72 bits per heavy atom. The zero-order valence-corrected chi connectivity index (χ0v) is 17.1. The van der Waals surface area contributed by atoms with Crippen molar-refractivity contribution >= 4 is 35.0 Å². The van der Waals surface area contributed by atoms with Crippen molar-refractivity contribution in [1.29, 1.82) is 0 Å². The Bertz CT molecular complexity index is 1010. The first kappa shape index (κ1) is 21.5. The predicted octanol–water partition coefficient (Wildman–Crippen LogP) is -0.00290. The van der Waals surface area contributed by atoms with Gasteiger partial charge in [-0.1, -0.05) is 0 Å². The summed E-state index contributed by atoms with van der Waals surface area (Å²) in [7, 11) is 0. The van der Waals surface area contributed by atoms with Crippen LogP contribution in [0.3, 0.4) is 0 Å². The average Bonchev–Trinajstić information content (AvgIpc) is 3.25. The van der Waals surface area contributed by atoms with Crippen molar-refractivity contribution in [2.45, 2.75) is 0 Å². The number of hydrogen-bond donors (Lipinski definition) is 2. The van der Waals surface area contributed by atoms with Crippen molar-refractivity contribution in [3.8, 4) is 0 Å². The van der Waals surface area contributed by atoms with Crippen molar-refractivity contribution in [3.63, 3.8) is 0 Å². The topological polar surface area (TPSA) is 174 Å². The fourth-order valence-corrected chi connectivity index (χ4v) is 3.53. The predicted molar refractivity (Wildman–Crippen MR) is 113 cm³/mol. The number of morpholine rings is 2. The van der Waals surface area contributed by atoms with E-state index in [-0.39, 0.29) is 17.2 Å². The van der Waals surface area contributed by atoms with Crippen LogP contribution >= 0.6 is 0 Å². The quantitative estimate of drug-likeness (QED) is 0.347. The molecule has 2 aromatic rings. The van der Waals surface area contributed by atoms with E-state index in [4.69, 9.17) is 15.2 Å². The number of aromatic nitrogens is 2. The molecular weight excluding hydrogens is 424 g/mol. The van der Waals surface area contributed by atoms with Gasteiger partial charge in [-0.25, -0.2) is 10.1 Å². The highest BCUT2D eigenvalue weighted by atomic mass is 16.6. The van der Waals surface area contributed by atoms with E-state index in [9.17, 15) is 14.9 Å². The summed E-state index contributed by atoms with van der Waals surface area (Å²) in [6, 6.07) is 3.24. The molecule has 32 heavy (non-hydrogen) atoms. The first-order chi connectivity index (χ1) is 15.5. The minimum atomic E-state index is -0.715. The Labute approximate surface area is 182 Å². The first-order valence-corrected chi connectivity index (χ1v) is 9.94. The summed E-state index contributed by atoms with van der Waals surface area (Å²) < 4.78 is 15.2. The lowest BCUT2D eigenvalue weighted by Gasteiger charge is -2.33. The SMILES string of the molecule is Nc1nonc1C(=O)N/N=C\c1cc([N+](=O)[O-])c(N2CCOCC2)cc1N1CCOCC1. The zero-order valence-electron chi connectivity index (χ0n) is 17.1. The van der Waals surface area contributed by atoms with Crippen molar-refractivity contribution < 1.29 is 23.8 Å². The van der Waals surface area contributed by atoms with Gasteiger partial charge in [0, 0.05) is 43.5 Å². The molecule has 4 rings (SSSR count). The van der Waals surface area contributed by atoms with Crippen LogP contribution < -0.4 is 21.0 Å². The lowest BCUT2D eigenvalue weighted by atomic mass is 10.1. The van der Waals surface area contributed by atoms with Gasteiger partial charge in [-0.15, -0.1) is 0 Å². The number of nitro groups is 1. The molecule has 2 saturated heterocycles. The number of nitrogens with zero attached hydrogens (tertiary/aromatic N) is 6. The van der Waals surface area contributed by atoms with Gasteiger partial charge in [0.2, 0.25) is 11.5 Å². The Balaban J connectivity index is 1.67. The molecule has 0 bridgehead atoms. The molecule has 0 atom stereocenters. The summed E-state index contributed by atoms with van der Waals surface area (Å²) in [4.78, 5) is 27.5. The molecular formula is C18H22N8O6. The molecule has 170 valence electrons. The minimum Gasteiger partial charge on any atom is -0.379 e. The van der Waals surface area contributed by atoms with Crippen molar-refractivity contribution in [3.05, 3.63) is 33.5 Å². The number of rotatable bonds is 6. The molecule has 0 saturated carbocycles. The second-order valence-corrected chi connectivity index (χ2v) is 7.05. The molecule has 14 nitrogen and oxygen atoms in total. The number of hydrazone groups is 1. The smallest absolute Gasteiger partial charge is 0.297 e. The number of carbonyl (C=O) groups is 1. The molecule has 0 spiro atoms. The van der Waals surface area contributed by atoms with Gasteiger partial charge in [-0.3, -0.25) is 14.9 Å². The van der Waals surface area contributed by atoms with E-state index >= 15 is 0 Å². The number of nitro benzene ring substituents is 1. The molecule has 0 aliphatic carbocycles. The summed E-state index contributed by atoms with van der Waals surface area (Å²) in [6.07, 6.45) is 1.35. The number of hydrogen-bond acceptors (Lipinski definition) is 12. The van der Waals surface area contributed by atoms with Crippen LogP contribution in [0.2, 0.25) is 0 Å². The average molecular weight is 446 g/mol. The van der Waals surface area contributed by atoms with Crippen molar-refractivity contribution in [2.24, 2.45) is 5.10 Å². The third kappa shape index (κ3) is 4.60. The second-order valence-electron chi connectivity index (χ2n) is 7.05. The van der Waals surface area contributed by atoms with E-state index in [1.54, 1.807) is 6.07 Å². The summed E-state index contributed by atoms with van der Waals surface area (Å²) in [5, 5.41) is 22.5. The summed E-state index contributed by atoms with van der Waals surface area (Å²) in [6.45, 7) is 4.42. The maximum Gasteiger partial charge on any atom is 0.297 e. The van der Waals surface area contributed by atoms with E-state index in [1.807, 2.05) is 4.90 Å². The number of nitrogen functional groups attached to an aromatic ring is 1. The van der Waals surface area contributed by atoms with Gasteiger partial charge in [-0.2, -0.15) is 5.10 Å². The number of anilines is 3. The van der Waals surface area contributed by atoms with Crippen LogP contribution in [0.4, 0.5) is 22.9 Å². The molecule has 3 N–H and O–H groups in total. The van der Waals surface area contributed by atoms with Gasteiger partial charge in [0.25, 0.3) is 11.6 Å². The summed E-state index contributed by atoms with van der Waals surface area (Å²) in [5.74, 6) is -0.885. The van der Waals surface area contributed by atoms with E-state index in [1.165, 1.54) is 12.3 Å². The molecule has 1 aromatic carbocycles. The van der Waals surface area contributed by atoms with Crippen molar-refractivity contribution in [1.82, 2.24) is 15.7 Å². The fourth-order valence-electron chi connectivity index (χ4n) is 3.53. The van der Waals surface area contributed by atoms with Gasteiger partial charge in [0.05, 0.1) is 37.6 Å². The van der Waals surface area contributed by atoms with E-state index in [0.717, 1.165) is 5.69 Å². The van der Waals surface area contributed by atoms with Crippen LogP contribution in [0.15, 0.2) is 21.9 Å². The zero-order chi connectivity index (χ0) is 22.5. The highest BCUT2D eigenvalue weighted by Crippen LogP contribution is 2.36. The number of nitrogens with two attached hydrogens (primary N) is 1. The molecule has 1 aromatic heterocycles. The van der Waals surface area contributed by atoms with Crippen LogP contribution in [0.5, 0.6) is 0 Å². The van der Waals surface area contributed by atoms with Crippen LogP contribution in [0.1, 0.15) is 16.1 Å². The van der Waals surface area contributed by atoms with Gasteiger partial charge < -0.3 is 25.0 Å². The third-order valence-corrected chi connectivity index (χ3v) is 5.12. The van der Waals surface area contributed by atoms with Gasteiger partial charge >= 0.3 is 0 Å². The number of nitrogens with one attached hydrogen (secondary N) is 1. The number of ether oxygens (including phenoxy) is 2. The van der Waals surface area contributed by atoms with Crippen LogP contribution in [0.25, 0.3) is 0 Å². The Morgan fingerprint density at radius 1 is 1.09 bits per heavy atom. The normalized spacial score (nSPS) is 17.0. The van der Waals surface area contributed by atoms with Gasteiger partial charge in [0.15, 0.2) is 0 Å². The molecule has 2 fully saturated rings. The number of amides is 1. The summed E-state index contributed by atoms with van der Waals surface area (Å²) >= 11 is 0. The van der Waals surface area contributed by atoms with Crippen LogP contribution in [-0.4, -0.2) is 80.0 Å². The molecule has 0 unspecified atom stereocenters. The maximum absolute atomic E-state index is 12.1. The molecule has 2 aliphatic rings.